The monoisotopic (exact) mass is 610 g/mol. The second kappa shape index (κ2) is 13.0. The minimum absolute atomic E-state index is 0.0463. The Balaban J connectivity index is 1.10. The molecular weight excluding hydrogens is 580 g/mol. The Bertz CT molecular complexity index is 1730. The van der Waals surface area contributed by atoms with Crippen molar-refractivity contribution in [2.75, 3.05) is 48.4 Å². The number of nitrogens with two attached hydrogens (primary N) is 1. The zero-order chi connectivity index (χ0) is 31.2. The zero-order valence-electron chi connectivity index (χ0n) is 24.1. The van der Waals surface area contributed by atoms with Gasteiger partial charge in [-0.15, -0.1) is 0 Å². The Morgan fingerprint density at radius 2 is 1.51 bits per heavy atom. The molecule has 2 amide bonds. The standard InChI is InChI=1S/C32H30N6O7/c1-20(35-22-7-10-27-29(14-22)44-18-42-27)38(12-13-41-32(40)36-23-8-11-28-30(15-23)45-19-43-28)17-21-6-9-26(34-16-21)31(39)37-25-5-3-2-4-24(25)33/h2-11,14-16,35H,1,12-13,17-19,33H2,(H,36,40)(H,37,39). The van der Waals surface area contributed by atoms with E-state index in [0.29, 0.717) is 59.0 Å². The van der Waals surface area contributed by atoms with Gasteiger partial charge in [0.05, 0.1) is 23.7 Å². The largest absolute Gasteiger partial charge is 0.454 e. The van der Waals surface area contributed by atoms with Gasteiger partial charge in [0.1, 0.15) is 12.3 Å². The lowest BCUT2D eigenvalue weighted by molar-refractivity contribution is 0.102. The second-order valence-electron chi connectivity index (χ2n) is 9.98. The van der Waals surface area contributed by atoms with E-state index >= 15 is 0 Å². The lowest BCUT2D eigenvalue weighted by atomic mass is 10.2. The molecule has 13 heteroatoms. The maximum atomic E-state index is 12.7. The van der Waals surface area contributed by atoms with Gasteiger partial charge in [-0.1, -0.05) is 24.8 Å². The number of hydrogen-bond donors (Lipinski definition) is 4. The zero-order valence-corrected chi connectivity index (χ0v) is 24.1. The van der Waals surface area contributed by atoms with Crippen molar-refractivity contribution >= 4 is 34.7 Å². The van der Waals surface area contributed by atoms with Gasteiger partial charge in [0.15, 0.2) is 23.0 Å². The molecule has 0 atom stereocenters. The van der Waals surface area contributed by atoms with Crippen LogP contribution in [-0.4, -0.2) is 48.6 Å². The molecule has 3 heterocycles. The number of aromatic nitrogens is 1. The molecule has 0 saturated carbocycles. The van der Waals surface area contributed by atoms with Gasteiger partial charge >= 0.3 is 6.09 Å². The fourth-order valence-electron chi connectivity index (χ4n) is 4.58. The van der Waals surface area contributed by atoms with E-state index in [9.17, 15) is 9.59 Å². The molecular formula is C32H30N6O7. The number of pyridine rings is 1. The number of carbonyl (C=O) groups excluding carboxylic acids is 2. The van der Waals surface area contributed by atoms with Gasteiger partial charge in [0, 0.05) is 36.2 Å². The van der Waals surface area contributed by atoms with Crippen LogP contribution in [0.4, 0.5) is 27.5 Å². The van der Waals surface area contributed by atoms with E-state index in [4.69, 9.17) is 29.4 Å². The Hall–Kier alpha value is -6.11. The minimum atomic E-state index is -0.626. The van der Waals surface area contributed by atoms with Crippen LogP contribution in [0.5, 0.6) is 23.0 Å². The lowest BCUT2D eigenvalue weighted by Crippen LogP contribution is -2.31. The predicted molar refractivity (Wildman–Crippen MR) is 166 cm³/mol. The number of para-hydroxylation sites is 2. The highest BCUT2D eigenvalue weighted by Gasteiger charge is 2.18. The number of anilines is 4. The molecule has 0 aliphatic carbocycles. The summed E-state index contributed by atoms with van der Waals surface area (Å²) in [5, 5.41) is 8.73. The summed E-state index contributed by atoms with van der Waals surface area (Å²) in [5.74, 6) is 2.60. The van der Waals surface area contributed by atoms with Crippen LogP contribution in [-0.2, 0) is 11.3 Å². The number of amides is 2. The molecule has 0 radical (unpaired) electrons. The normalized spacial score (nSPS) is 12.3. The number of ether oxygens (including phenoxy) is 5. The summed E-state index contributed by atoms with van der Waals surface area (Å²) in [4.78, 5) is 31.5. The lowest BCUT2D eigenvalue weighted by Gasteiger charge is -2.27. The molecule has 1 aromatic heterocycles. The average Bonchev–Trinajstić information content (AvgIpc) is 3.71. The fourth-order valence-corrected chi connectivity index (χ4v) is 4.58. The molecule has 6 rings (SSSR count). The number of rotatable bonds is 11. The molecule has 0 fully saturated rings. The van der Waals surface area contributed by atoms with E-state index in [1.54, 1.807) is 60.8 Å². The van der Waals surface area contributed by atoms with E-state index in [-0.39, 0.29) is 31.8 Å². The third-order valence-corrected chi connectivity index (χ3v) is 6.90. The molecule has 0 saturated heterocycles. The number of benzene rings is 3. The van der Waals surface area contributed by atoms with Crippen molar-refractivity contribution in [3.8, 4) is 23.0 Å². The predicted octanol–water partition coefficient (Wildman–Crippen LogP) is 5.01. The summed E-state index contributed by atoms with van der Waals surface area (Å²) in [5.41, 5.74) is 9.18. The number of carbonyl (C=O) groups is 2. The number of nitrogens with zero attached hydrogens (tertiary/aromatic N) is 2. The summed E-state index contributed by atoms with van der Waals surface area (Å²) in [6.07, 6.45) is 0.983. The third kappa shape index (κ3) is 7.10. The van der Waals surface area contributed by atoms with Crippen molar-refractivity contribution in [1.29, 1.82) is 0 Å². The van der Waals surface area contributed by atoms with Gasteiger partial charge in [-0.25, -0.2) is 4.79 Å². The van der Waals surface area contributed by atoms with Crippen molar-refractivity contribution in [3.05, 3.63) is 103 Å². The van der Waals surface area contributed by atoms with Gasteiger partial charge in [-0.2, -0.15) is 0 Å². The molecule has 13 nitrogen and oxygen atoms in total. The van der Waals surface area contributed by atoms with Gasteiger partial charge in [0.2, 0.25) is 13.6 Å². The van der Waals surface area contributed by atoms with E-state index in [1.807, 2.05) is 23.1 Å². The van der Waals surface area contributed by atoms with E-state index in [0.717, 1.165) is 11.3 Å². The number of nitrogen functional groups attached to an aromatic ring is 1. The molecule has 0 bridgehead atoms. The van der Waals surface area contributed by atoms with Gasteiger partial charge in [0.25, 0.3) is 5.91 Å². The van der Waals surface area contributed by atoms with Gasteiger partial charge in [-0.3, -0.25) is 15.1 Å². The number of hydrogen-bond acceptors (Lipinski definition) is 11. The topological polar surface area (TPSA) is 159 Å². The van der Waals surface area contributed by atoms with Crippen LogP contribution in [0.2, 0.25) is 0 Å². The first-order valence-electron chi connectivity index (χ1n) is 14.0. The molecule has 2 aliphatic rings. The first-order valence-corrected chi connectivity index (χ1v) is 14.0. The second-order valence-corrected chi connectivity index (χ2v) is 9.98. The molecule has 230 valence electrons. The number of nitrogens with one attached hydrogen (secondary N) is 3. The Kier molecular flexibility index (Phi) is 8.40. The Morgan fingerprint density at radius 3 is 2.18 bits per heavy atom. The van der Waals surface area contributed by atoms with Crippen LogP contribution in [0.3, 0.4) is 0 Å². The fraction of sp³-hybridized carbons (Fsp3) is 0.156. The van der Waals surface area contributed by atoms with Crippen molar-refractivity contribution in [2.45, 2.75) is 6.54 Å². The highest BCUT2D eigenvalue weighted by Crippen LogP contribution is 2.35. The first-order chi connectivity index (χ1) is 21.9. The molecule has 3 aromatic carbocycles. The first kappa shape index (κ1) is 29.0. The van der Waals surface area contributed by atoms with Crippen LogP contribution in [0.1, 0.15) is 16.1 Å². The Labute approximate surface area is 258 Å². The van der Waals surface area contributed by atoms with E-state index < -0.39 is 6.09 Å². The molecule has 2 aliphatic heterocycles. The van der Waals surface area contributed by atoms with E-state index in [1.165, 1.54) is 0 Å². The summed E-state index contributed by atoms with van der Waals surface area (Å²) < 4.78 is 27.0. The van der Waals surface area contributed by atoms with E-state index in [2.05, 4.69) is 27.5 Å². The van der Waals surface area contributed by atoms with Crippen molar-refractivity contribution < 1.29 is 33.3 Å². The number of fused-ring (bicyclic) bond motifs is 2. The highest BCUT2D eigenvalue weighted by atomic mass is 16.7. The molecule has 45 heavy (non-hydrogen) atoms. The van der Waals surface area contributed by atoms with Crippen molar-refractivity contribution in [1.82, 2.24) is 9.88 Å². The van der Waals surface area contributed by atoms with Gasteiger partial charge in [-0.05, 0) is 48.0 Å². The molecule has 0 spiro atoms. The SMILES string of the molecule is C=C(Nc1ccc2c(c1)OCO2)N(CCOC(=O)Nc1ccc2c(c1)OCO2)Cc1ccc(C(=O)Nc2ccccc2N)nc1. The summed E-state index contributed by atoms with van der Waals surface area (Å²) in [6, 6.07) is 21.0. The molecule has 5 N–H and O–H groups in total. The summed E-state index contributed by atoms with van der Waals surface area (Å²) >= 11 is 0. The molecule has 4 aromatic rings. The minimum Gasteiger partial charge on any atom is -0.454 e. The van der Waals surface area contributed by atoms with Crippen LogP contribution in [0.15, 0.2) is 91.4 Å². The van der Waals surface area contributed by atoms with Crippen molar-refractivity contribution in [2.24, 2.45) is 0 Å². The average molecular weight is 611 g/mol. The quantitative estimate of drug-likeness (QED) is 0.169. The van der Waals surface area contributed by atoms with Crippen LogP contribution in [0, 0.1) is 0 Å². The van der Waals surface area contributed by atoms with Crippen LogP contribution in [0.25, 0.3) is 0 Å². The Morgan fingerprint density at radius 1 is 0.844 bits per heavy atom. The van der Waals surface area contributed by atoms with Crippen LogP contribution < -0.4 is 40.6 Å². The smallest absolute Gasteiger partial charge is 0.411 e. The molecule has 0 unspecified atom stereocenters. The maximum absolute atomic E-state index is 12.7. The third-order valence-electron chi connectivity index (χ3n) is 6.90. The summed E-state index contributed by atoms with van der Waals surface area (Å²) in [7, 11) is 0. The summed E-state index contributed by atoms with van der Waals surface area (Å²) in [6.45, 7) is 5.19. The van der Waals surface area contributed by atoms with Gasteiger partial charge < -0.3 is 45.0 Å². The van der Waals surface area contributed by atoms with Crippen molar-refractivity contribution in [3.63, 3.8) is 0 Å². The maximum Gasteiger partial charge on any atom is 0.411 e. The highest BCUT2D eigenvalue weighted by molar-refractivity contribution is 6.04. The van der Waals surface area contributed by atoms with Crippen LogP contribution >= 0.6 is 0 Å².